The fourth-order valence-electron chi connectivity index (χ4n) is 2.21. The van der Waals surface area contributed by atoms with Crippen LogP contribution in [0.5, 0.6) is 0 Å². The second-order valence-corrected chi connectivity index (χ2v) is 10.3. The highest BCUT2D eigenvalue weighted by Crippen LogP contribution is 2.17. The summed E-state index contributed by atoms with van der Waals surface area (Å²) in [6, 6.07) is 0. The van der Waals surface area contributed by atoms with Crippen LogP contribution in [0, 0.1) is 0 Å². The molecule has 0 aliphatic rings. The van der Waals surface area contributed by atoms with Crippen molar-refractivity contribution in [3.8, 4) is 0 Å². The van der Waals surface area contributed by atoms with Gasteiger partial charge in [-0.1, -0.05) is 0 Å². The summed E-state index contributed by atoms with van der Waals surface area (Å²) in [4.78, 5) is 37.7. The van der Waals surface area contributed by atoms with Crippen molar-refractivity contribution in [1.82, 2.24) is 24.8 Å². The van der Waals surface area contributed by atoms with Gasteiger partial charge >= 0.3 is 0 Å². The molecule has 3 aromatic rings. The summed E-state index contributed by atoms with van der Waals surface area (Å²) in [6.07, 6.45) is 0. The first-order valence-corrected chi connectivity index (χ1v) is 13.1. The molecule has 0 fully saturated rings. The highest BCUT2D eigenvalue weighted by atomic mass is 35.5. The maximum absolute atomic E-state index is 10.7. The van der Waals surface area contributed by atoms with Gasteiger partial charge in [0.2, 0.25) is 11.8 Å². The van der Waals surface area contributed by atoms with Crippen LogP contribution in [0.2, 0.25) is 0 Å². The summed E-state index contributed by atoms with van der Waals surface area (Å²) < 4.78 is 0. The molecule has 3 heterocycles. The standard InChI is InChI=1S/C8H13N3OS.C6H7ClN2OS.C6H11N3S.2ClH/c1-6(12)9-8-10-7(5-13-8)4-11(2)3;1-4(10)8-6-9-5(2-7)3-11-6;1-9(2)3-5-4-10-6(7)8-5;;/h5H,4H2,1-3H3,(H,9,10,12);3H,2H2,1H3,(H,8,9,10);4H,3H2,1-2H3,(H2,7,8);2*1H. The van der Waals surface area contributed by atoms with Crippen LogP contribution < -0.4 is 16.4 Å². The number of thiazole rings is 3. The highest BCUT2D eigenvalue weighted by molar-refractivity contribution is 7.14. The maximum Gasteiger partial charge on any atom is 0.223 e. The third kappa shape index (κ3) is 17.0. The van der Waals surface area contributed by atoms with Gasteiger partial charge in [-0.2, -0.15) is 0 Å². The van der Waals surface area contributed by atoms with Crippen molar-refractivity contribution in [2.24, 2.45) is 0 Å². The van der Waals surface area contributed by atoms with Gasteiger partial charge in [0.15, 0.2) is 15.4 Å². The van der Waals surface area contributed by atoms with E-state index in [1.807, 2.05) is 49.2 Å². The Bertz CT molecular complexity index is 1030. The van der Waals surface area contributed by atoms with Gasteiger partial charge in [-0.05, 0) is 28.2 Å². The number of carbonyl (C=O) groups excluding carboxylic acids is 2. The lowest BCUT2D eigenvalue weighted by molar-refractivity contribution is -0.115. The van der Waals surface area contributed by atoms with Gasteiger partial charge in [-0.15, -0.1) is 70.4 Å². The summed E-state index contributed by atoms with van der Waals surface area (Å²) in [5.41, 5.74) is 8.27. The molecule has 0 spiro atoms. The predicted octanol–water partition coefficient (Wildman–Crippen LogP) is 4.63. The van der Waals surface area contributed by atoms with Crippen LogP contribution in [-0.2, 0) is 28.6 Å². The van der Waals surface area contributed by atoms with Crippen LogP contribution in [0.3, 0.4) is 0 Å². The van der Waals surface area contributed by atoms with Gasteiger partial charge < -0.3 is 26.2 Å². The normalized spacial score (nSPS) is 9.69. The first-order valence-electron chi connectivity index (χ1n) is 9.97. The van der Waals surface area contributed by atoms with Crippen molar-refractivity contribution in [2.75, 3.05) is 44.6 Å². The Labute approximate surface area is 241 Å². The second kappa shape index (κ2) is 19.5. The summed E-state index contributed by atoms with van der Waals surface area (Å²) in [5, 5.41) is 12.9. The summed E-state index contributed by atoms with van der Waals surface area (Å²) >= 11 is 9.82. The number of aromatic nitrogens is 3. The molecule has 0 saturated heterocycles. The highest BCUT2D eigenvalue weighted by Gasteiger charge is 2.03. The third-order valence-electron chi connectivity index (χ3n) is 3.33. The van der Waals surface area contributed by atoms with Crippen LogP contribution in [0.15, 0.2) is 16.1 Å². The van der Waals surface area contributed by atoms with Gasteiger partial charge in [0, 0.05) is 43.1 Å². The minimum Gasteiger partial charge on any atom is -0.375 e. The molecule has 0 aliphatic heterocycles. The second-order valence-electron chi connectivity index (χ2n) is 7.44. The van der Waals surface area contributed by atoms with E-state index in [9.17, 15) is 9.59 Å². The van der Waals surface area contributed by atoms with Crippen LogP contribution >= 0.6 is 70.4 Å². The van der Waals surface area contributed by atoms with Crippen LogP contribution in [0.1, 0.15) is 30.9 Å². The van der Waals surface area contributed by atoms with Gasteiger partial charge in [0.1, 0.15) is 0 Å². The minimum absolute atomic E-state index is 0. The monoisotopic (exact) mass is 618 g/mol. The largest absolute Gasteiger partial charge is 0.375 e. The fourth-order valence-corrected chi connectivity index (χ4v) is 4.49. The maximum atomic E-state index is 10.7. The smallest absolute Gasteiger partial charge is 0.223 e. The molecule has 2 amide bonds. The first-order chi connectivity index (χ1) is 16.0. The molecule has 0 aromatic carbocycles. The molecule has 4 N–H and O–H groups in total. The fraction of sp³-hybridized carbons (Fsp3) is 0.450. The van der Waals surface area contributed by atoms with E-state index in [0.717, 1.165) is 30.2 Å². The van der Waals surface area contributed by atoms with Gasteiger partial charge in [-0.3, -0.25) is 9.59 Å². The molecule has 36 heavy (non-hydrogen) atoms. The Balaban J connectivity index is 0. The minimum atomic E-state index is -0.111. The Hall–Kier alpha value is -1.58. The molecular weight excluding hydrogens is 587 g/mol. The number of halogens is 3. The molecule has 0 unspecified atom stereocenters. The van der Waals surface area contributed by atoms with Crippen LogP contribution in [-0.4, -0.2) is 64.8 Å². The first kappa shape index (κ1) is 36.6. The van der Waals surface area contributed by atoms with E-state index in [4.69, 9.17) is 17.3 Å². The zero-order valence-electron chi connectivity index (χ0n) is 20.9. The number of nitrogens with one attached hydrogen (secondary N) is 2. The van der Waals surface area contributed by atoms with Crippen molar-refractivity contribution in [2.45, 2.75) is 32.8 Å². The number of nitrogens with two attached hydrogens (primary N) is 1. The molecule has 0 radical (unpaired) electrons. The molecule has 0 bridgehead atoms. The molecule has 0 atom stereocenters. The zero-order chi connectivity index (χ0) is 25.7. The Morgan fingerprint density at radius 1 is 0.806 bits per heavy atom. The lowest BCUT2D eigenvalue weighted by Gasteiger charge is -2.05. The lowest BCUT2D eigenvalue weighted by atomic mass is 10.5. The molecule has 0 saturated carbocycles. The number of hydrogen-bond donors (Lipinski definition) is 3. The molecule has 16 heteroatoms. The van der Waals surface area contributed by atoms with Gasteiger partial charge in [-0.25, -0.2) is 15.0 Å². The predicted molar refractivity (Wildman–Crippen MR) is 158 cm³/mol. The van der Waals surface area contributed by atoms with Crippen molar-refractivity contribution in [1.29, 1.82) is 0 Å². The number of nitrogens with zero attached hydrogens (tertiary/aromatic N) is 5. The third-order valence-corrected chi connectivity index (χ3v) is 5.94. The summed E-state index contributed by atoms with van der Waals surface area (Å²) in [7, 11) is 7.99. The van der Waals surface area contributed by atoms with Crippen LogP contribution in [0.4, 0.5) is 15.4 Å². The molecule has 3 aromatic heterocycles. The van der Waals surface area contributed by atoms with E-state index in [2.05, 4.69) is 30.5 Å². The number of rotatable bonds is 7. The van der Waals surface area contributed by atoms with E-state index < -0.39 is 0 Å². The van der Waals surface area contributed by atoms with E-state index in [1.165, 1.54) is 47.9 Å². The number of carbonyl (C=O) groups is 2. The molecular formula is C20H33Cl3N8O2S3. The SMILES string of the molecule is CC(=O)Nc1nc(CCl)cs1.CC(=O)Nc1nc(CN(C)C)cs1.CN(C)Cc1csc(N)n1.Cl.Cl. The van der Waals surface area contributed by atoms with Crippen LogP contribution in [0.25, 0.3) is 0 Å². The number of amides is 2. The summed E-state index contributed by atoms with van der Waals surface area (Å²) in [6.45, 7) is 4.60. The van der Waals surface area contributed by atoms with Crippen molar-refractivity contribution >= 4 is 97.6 Å². The summed E-state index contributed by atoms with van der Waals surface area (Å²) in [5.74, 6) is 0.196. The Morgan fingerprint density at radius 3 is 1.53 bits per heavy atom. The Kier molecular flexibility index (Phi) is 19.8. The average Bonchev–Trinajstić information content (AvgIpc) is 3.43. The average molecular weight is 620 g/mol. The number of nitrogen functional groups attached to an aromatic ring is 1. The topological polar surface area (TPSA) is 129 Å². The van der Waals surface area contributed by atoms with Crippen molar-refractivity contribution in [3.63, 3.8) is 0 Å². The quantitative estimate of drug-likeness (QED) is 0.327. The van der Waals surface area contributed by atoms with E-state index in [-0.39, 0.29) is 36.6 Å². The number of anilines is 3. The van der Waals surface area contributed by atoms with Gasteiger partial charge in [0.25, 0.3) is 0 Å². The lowest BCUT2D eigenvalue weighted by Crippen LogP contribution is -2.11. The van der Waals surface area contributed by atoms with E-state index in [1.54, 1.807) is 0 Å². The van der Waals surface area contributed by atoms with Gasteiger partial charge in [0.05, 0.1) is 23.0 Å². The zero-order valence-corrected chi connectivity index (χ0v) is 25.7. The van der Waals surface area contributed by atoms with E-state index in [0.29, 0.717) is 21.3 Å². The van der Waals surface area contributed by atoms with Crippen molar-refractivity contribution in [3.05, 3.63) is 33.2 Å². The molecule has 204 valence electrons. The van der Waals surface area contributed by atoms with E-state index >= 15 is 0 Å². The molecule has 0 aliphatic carbocycles. The molecule has 10 nitrogen and oxygen atoms in total. The molecule has 3 rings (SSSR count). The number of hydrogen-bond acceptors (Lipinski definition) is 11. The van der Waals surface area contributed by atoms with Crippen molar-refractivity contribution < 1.29 is 9.59 Å². The Morgan fingerprint density at radius 2 is 1.19 bits per heavy atom. The number of alkyl halides is 1.